The third-order valence-corrected chi connectivity index (χ3v) is 5.20. The van der Waals surface area contributed by atoms with E-state index in [0.717, 1.165) is 28.6 Å². The van der Waals surface area contributed by atoms with Crippen LogP contribution in [0.4, 0.5) is 5.82 Å². The van der Waals surface area contributed by atoms with E-state index in [9.17, 15) is 0 Å². The summed E-state index contributed by atoms with van der Waals surface area (Å²) in [7, 11) is 0. The highest BCUT2D eigenvalue weighted by atomic mass is 79.9. The van der Waals surface area contributed by atoms with E-state index in [2.05, 4.69) is 35.1 Å². The molecule has 0 spiro atoms. The summed E-state index contributed by atoms with van der Waals surface area (Å²) in [6, 6.07) is 0. The molecule has 1 heterocycles. The van der Waals surface area contributed by atoms with Gasteiger partial charge in [-0.1, -0.05) is 19.8 Å². The van der Waals surface area contributed by atoms with Crippen LogP contribution in [0.1, 0.15) is 69.3 Å². The predicted octanol–water partition coefficient (Wildman–Crippen LogP) is 4.45. The van der Waals surface area contributed by atoms with Gasteiger partial charge in [0.15, 0.2) is 0 Å². The van der Waals surface area contributed by atoms with Crippen molar-refractivity contribution >= 4 is 21.7 Å². The standard InChI is InChI=1S/C15H22BrN3/c1-3-17-15-12(16)13(10-6-4-5-7-10)18-14(19-15)11-8-9(11)2/h9-11H,3-8H2,1-2H3,(H,17,18,19). The summed E-state index contributed by atoms with van der Waals surface area (Å²) in [5.74, 6) is 4.03. The molecule has 1 N–H and O–H groups in total. The van der Waals surface area contributed by atoms with Crippen molar-refractivity contribution < 1.29 is 0 Å². The Balaban J connectivity index is 1.97. The van der Waals surface area contributed by atoms with Gasteiger partial charge in [-0.3, -0.25) is 0 Å². The van der Waals surface area contributed by atoms with Gasteiger partial charge in [-0.05, 0) is 48.0 Å². The second kappa shape index (κ2) is 5.39. The van der Waals surface area contributed by atoms with Crippen molar-refractivity contribution in [3.63, 3.8) is 0 Å². The fourth-order valence-corrected chi connectivity index (χ4v) is 3.73. The maximum absolute atomic E-state index is 4.91. The maximum atomic E-state index is 4.91. The van der Waals surface area contributed by atoms with Crippen molar-refractivity contribution in [1.29, 1.82) is 0 Å². The third-order valence-electron chi connectivity index (χ3n) is 4.42. The van der Waals surface area contributed by atoms with Crippen molar-refractivity contribution in [3.05, 3.63) is 16.0 Å². The van der Waals surface area contributed by atoms with Crippen LogP contribution in [0.25, 0.3) is 0 Å². The van der Waals surface area contributed by atoms with Crippen LogP contribution in [0.5, 0.6) is 0 Å². The summed E-state index contributed by atoms with van der Waals surface area (Å²) >= 11 is 3.72. The van der Waals surface area contributed by atoms with Crippen molar-refractivity contribution in [2.24, 2.45) is 5.92 Å². The number of aromatic nitrogens is 2. The van der Waals surface area contributed by atoms with Gasteiger partial charge in [-0.2, -0.15) is 0 Å². The molecular weight excluding hydrogens is 302 g/mol. The Labute approximate surface area is 123 Å². The molecule has 0 radical (unpaired) electrons. The van der Waals surface area contributed by atoms with Crippen molar-refractivity contribution in [2.45, 2.75) is 57.8 Å². The average molecular weight is 324 g/mol. The largest absolute Gasteiger partial charge is 0.369 e. The first-order valence-corrected chi connectivity index (χ1v) is 8.31. The Kier molecular flexibility index (Phi) is 3.79. The Morgan fingerprint density at radius 1 is 1.26 bits per heavy atom. The molecule has 2 unspecified atom stereocenters. The number of anilines is 1. The Bertz CT molecular complexity index is 469. The first-order chi connectivity index (χ1) is 9.20. The summed E-state index contributed by atoms with van der Waals surface area (Å²) in [5.41, 5.74) is 1.25. The van der Waals surface area contributed by atoms with Crippen molar-refractivity contribution in [2.75, 3.05) is 11.9 Å². The summed E-state index contributed by atoms with van der Waals surface area (Å²) in [5, 5.41) is 3.38. The molecule has 0 saturated heterocycles. The molecule has 0 bridgehead atoms. The molecule has 2 atom stereocenters. The fourth-order valence-electron chi connectivity index (χ4n) is 3.08. The van der Waals surface area contributed by atoms with E-state index in [1.807, 2.05) is 0 Å². The molecule has 0 amide bonds. The minimum atomic E-state index is 0.589. The van der Waals surface area contributed by atoms with E-state index in [4.69, 9.17) is 9.97 Å². The molecule has 3 rings (SSSR count). The number of nitrogens with zero attached hydrogens (tertiary/aromatic N) is 2. The highest BCUT2D eigenvalue weighted by molar-refractivity contribution is 9.10. The number of halogens is 1. The highest BCUT2D eigenvalue weighted by Crippen LogP contribution is 2.47. The van der Waals surface area contributed by atoms with E-state index in [-0.39, 0.29) is 0 Å². The highest BCUT2D eigenvalue weighted by Gasteiger charge is 2.38. The van der Waals surface area contributed by atoms with Gasteiger partial charge in [-0.15, -0.1) is 0 Å². The van der Waals surface area contributed by atoms with Gasteiger partial charge < -0.3 is 5.32 Å². The van der Waals surface area contributed by atoms with E-state index in [1.165, 1.54) is 37.8 Å². The Morgan fingerprint density at radius 3 is 2.53 bits per heavy atom. The molecule has 104 valence electrons. The first kappa shape index (κ1) is 13.3. The minimum absolute atomic E-state index is 0.589. The lowest BCUT2D eigenvalue weighted by Gasteiger charge is -2.16. The fraction of sp³-hybridized carbons (Fsp3) is 0.733. The smallest absolute Gasteiger partial charge is 0.144 e. The topological polar surface area (TPSA) is 37.8 Å². The van der Waals surface area contributed by atoms with Crippen molar-refractivity contribution in [1.82, 2.24) is 9.97 Å². The van der Waals surface area contributed by atoms with Gasteiger partial charge in [0.05, 0.1) is 10.2 Å². The molecule has 1 aromatic heterocycles. The SMILES string of the molecule is CCNc1nc(C2CC2C)nc(C2CCCC2)c1Br. The van der Waals surface area contributed by atoms with E-state index < -0.39 is 0 Å². The maximum Gasteiger partial charge on any atom is 0.144 e. The first-order valence-electron chi connectivity index (χ1n) is 7.52. The quantitative estimate of drug-likeness (QED) is 0.889. The molecule has 2 aliphatic carbocycles. The molecule has 19 heavy (non-hydrogen) atoms. The van der Waals surface area contributed by atoms with Gasteiger partial charge >= 0.3 is 0 Å². The summed E-state index contributed by atoms with van der Waals surface area (Å²) in [6.45, 7) is 5.31. The van der Waals surface area contributed by atoms with Crippen molar-refractivity contribution in [3.8, 4) is 0 Å². The number of nitrogens with one attached hydrogen (secondary N) is 1. The lowest BCUT2D eigenvalue weighted by atomic mass is 10.0. The Hall–Kier alpha value is -0.640. The van der Waals surface area contributed by atoms with Gasteiger partial charge in [0.2, 0.25) is 0 Å². The van der Waals surface area contributed by atoms with Crippen LogP contribution in [0, 0.1) is 5.92 Å². The molecule has 2 saturated carbocycles. The van der Waals surface area contributed by atoms with E-state index >= 15 is 0 Å². The van der Waals surface area contributed by atoms with Crippen LogP contribution < -0.4 is 5.32 Å². The minimum Gasteiger partial charge on any atom is -0.369 e. The lowest BCUT2D eigenvalue weighted by Crippen LogP contribution is -2.09. The summed E-state index contributed by atoms with van der Waals surface area (Å²) in [6.07, 6.45) is 6.48. The zero-order chi connectivity index (χ0) is 13.4. The molecule has 2 aliphatic rings. The summed E-state index contributed by atoms with van der Waals surface area (Å²) < 4.78 is 1.10. The molecule has 1 aromatic rings. The second-order valence-electron chi connectivity index (χ2n) is 5.96. The van der Waals surface area contributed by atoms with Crippen LogP contribution in [-0.4, -0.2) is 16.5 Å². The molecule has 4 heteroatoms. The van der Waals surface area contributed by atoms with Crippen LogP contribution in [0.3, 0.4) is 0 Å². The van der Waals surface area contributed by atoms with Crippen LogP contribution >= 0.6 is 15.9 Å². The number of rotatable bonds is 4. The summed E-state index contributed by atoms with van der Waals surface area (Å²) in [4.78, 5) is 9.65. The van der Waals surface area contributed by atoms with Gasteiger partial charge in [0, 0.05) is 18.4 Å². The van der Waals surface area contributed by atoms with E-state index in [1.54, 1.807) is 0 Å². The number of hydrogen-bond acceptors (Lipinski definition) is 3. The zero-order valence-corrected chi connectivity index (χ0v) is 13.3. The molecule has 3 nitrogen and oxygen atoms in total. The molecular formula is C15H22BrN3. The average Bonchev–Trinajstić information content (AvgIpc) is 2.92. The third kappa shape index (κ3) is 2.64. The van der Waals surface area contributed by atoms with Gasteiger partial charge in [0.1, 0.15) is 11.6 Å². The lowest BCUT2D eigenvalue weighted by molar-refractivity contribution is 0.676. The van der Waals surface area contributed by atoms with Gasteiger partial charge in [-0.25, -0.2) is 9.97 Å². The van der Waals surface area contributed by atoms with Crippen LogP contribution in [0.15, 0.2) is 4.47 Å². The normalized spacial score (nSPS) is 26.7. The van der Waals surface area contributed by atoms with Gasteiger partial charge in [0.25, 0.3) is 0 Å². The predicted molar refractivity (Wildman–Crippen MR) is 81.6 cm³/mol. The zero-order valence-electron chi connectivity index (χ0n) is 11.7. The number of hydrogen-bond donors (Lipinski definition) is 1. The second-order valence-corrected chi connectivity index (χ2v) is 6.75. The molecule has 2 fully saturated rings. The molecule has 0 aromatic carbocycles. The van der Waals surface area contributed by atoms with Crippen LogP contribution in [-0.2, 0) is 0 Å². The Morgan fingerprint density at radius 2 is 1.95 bits per heavy atom. The van der Waals surface area contributed by atoms with E-state index in [0.29, 0.717) is 11.8 Å². The van der Waals surface area contributed by atoms with Crippen LogP contribution in [0.2, 0.25) is 0 Å². The monoisotopic (exact) mass is 323 g/mol. The molecule has 0 aliphatic heterocycles.